The van der Waals surface area contributed by atoms with E-state index in [1.165, 1.54) is 21.9 Å². The van der Waals surface area contributed by atoms with Crippen LogP contribution in [0.15, 0.2) is 66.7 Å². The summed E-state index contributed by atoms with van der Waals surface area (Å²) in [6.45, 7) is 3.37. The van der Waals surface area contributed by atoms with Gasteiger partial charge < -0.3 is 19.9 Å². The lowest BCUT2D eigenvalue weighted by Crippen LogP contribution is -2.47. The Kier molecular flexibility index (Phi) is 5.30. The predicted molar refractivity (Wildman–Crippen MR) is 137 cm³/mol. The maximum absolute atomic E-state index is 13.7. The number of para-hydroxylation sites is 1. The number of carbonyl (C=O) groups is 1. The van der Waals surface area contributed by atoms with E-state index in [4.69, 9.17) is 4.74 Å². The number of likely N-dealkylation sites (N-methyl/N-ethyl adjacent to an activating group) is 1. The summed E-state index contributed by atoms with van der Waals surface area (Å²) in [7, 11) is 3.86. The molecule has 1 aliphatic carbocycles. The molecule has 0 bridgehead atoms. The fourth-order valence-electron chi connectivity index (χ4n) is 6.04. The molecule has 6 rings (SSSR count). The highest BCUT2D eigenvalue weighted by molar-refractivity contribution is 6.01. The second-order valence-corrected chi connectivity index (χ2v) is 9.74. The average molecular weight is 454 g/mol. The van der Waals surface area contributed by atoms with E-state index in [1.807, 2.05) is 17.0 Å². The van der Waals surface area contributed by atoms with Crippen molar-refractivity contribution in [2.24, 2.45) is 5.92 Å². The molecular formula is C29H31N3O2. The first kappa shape index (κ1) is 21.2. The zero-order valence-electron chi connectivity index (χ0n) is 19.8. The van der Waals surface area contributed by atoms with Gasteiger partial charge in [0, 0.05) is 37.7 Å². The van der Waals surface area contributed by atoms with E-state index in [9.17, 15) is 4.79 Å². The van der Waals surface area contributed by atoms with Gasteiger partial charge in [0.1, 0.15) is 5.75 Å². The molecule has 3 aromatic carbocycles. The Balaban J connectivity index is 1.47. The third-order valence-electron chi connectivity index (χ3n) is 7.88. The quantitative estimate of drug-likeness (QED) is 0.563. The summed E-state index contributed by atoms with van der Waals surface area (Å²) in [5.41, 5.74) is 4.19. The minimum Gasteiger partial charge on any atom is -0.496 e. The lowest BCUT2D eigenvalue weighted by molar-refractivity contribution is 0.0664. The van der Waals surface area contributed by atoms with Crippen molar-refractivity contribution in [2.75, 3.05) is 45.7 Å². The lowest BCUT2D eigenvalue weighted by Gasteiger charge is -2.40. The monoisotopic (exact) mass is 453 g/mol. The van der Waals surface area contributed by atoms with Gasteiger partial charge in [-0.25, -0.2) is 0 Å². The topological polar surface area (TPSA) is 44.8 Å². The molecule has 2 aliphatic heterocycles. The molecule has 1 N–H and O–H groups in total. The molecule has 5 nitrogen and oxygen atoms in total. The summed E-state index contributed by atoms with van der Waals surface area (Å²) in [5.74, 6) is 1.68. The SMILES string of the molecule is COc1ccc2ccccc2c1C1Nc2c(C(=O)N3CCN(C)CC3)cccc2C2C=CCC21. The van der Waals surface area contributed by atoms with Crippen LogP contribution in [0.4, 0.5) is 5.69 Å². The first-order chi connectivity index (χ1) is 16.7. The number of hydrogen-bond donors (Lipinski definition) is 1. The third-order valence-corrected chi connectivity index (χ3v) is 7.88. The van der Waals surface area contributed by atoms with E-state index >= 15 is 0 Å². The van der Waals surface area contributed by atoms with Crippen LogP contribution in [0.2, 0.25) is 0 Å². The van der Waals surface area contributed by atoms with E-state index in [0.29, 0.717) is 5.92 Å². The largest absolute Gasteiger partial charge is 0.496 e. The molecule has 0 aromatic heterocycles. The van der Waals surface area contributed by atoms with Crippen LogP contribution in [0.5, 0.6) is 5.75 Å². The molecule has 34 heavy (non-hydrogen) atoms. The van der Waals surface area contributed by atoms with Crippen LogP contribution < -0.4 is 10.1 Å². The van der Waals surface area contributed by atoms with Crippen LogP contribution in [-0.4, -0.2) is 56.0 Å². The number of ether oxygens (including phenoxy) is 1. The van der Waals surface area contributed by atoms with Gasteiger partial charge in [-0.3, -0.25) is 4.79 Å². The number of amides is 1. The summed E-state index contributed by atoms with van der Waals surface area (Å²) in [5, 5.41) is 6.28. The van der Waals surface area contributed by atoms with E-state index in [-0.39, 0.29) is 17.9 Å². The molecular weight excluding hydrogens is 422 g/mol. The van der Waals surface area contributed by atoms with Crippen molar-refractivity contribution in [3.8, 4) is 5.75 Å². The molecule has 5 heteroatoms. The normalized spacial score (nSPS) is 23.9. The van der Waals surface area contributed by atoms with Crippen LogP contribution >= 0.6 is 0 Å². The number of methoxy groups -OCH3 is 1. The molecule has 3 unspecified atom stereocenters. The Hall–Kier alpha value is -3.31. The third kappa shape index (κ3) is 3.38. The molecule has 0 radical (unpaired) electrons. The highest BCUT2D eigenvalue weighted by Crippen LogP contribution is 2.53. The lowest BCUT2D eigenvalue weighted by atomic mass is 9.75. The molecule has 0 spiro atoms. The summed E-state index contributed by atoms with van der Waals surface area (Å²) < 4.78 is 5.89. The number of carbonyl (C=O) groups excluding carboxylic acids is 1. The fourth-order valence-corrected chi connectivity index (χ4v) is 6.04. The molecule has 0 saturated carbocycles. The van der Waals surface area contributed by atoms with Gasteiger partial charge in [0.2, 0.25) is 0 Å². The first-order valence-electron chi connectivity index (χ1n) is 12.3. The molecule has 3 aliphatic rings. The van der Waals surface area contributed by atoms with E-state index in [2.05, 4.69) is 71.9 Å². The zero-order chi connectivity index (χ0) is 23.2. The van der Waals surface area contributed by atoms with Gasteiger partial charge in [0.25, 0.3) is 5.91 Å². The Morgan fingerprint density at radius 1 is 1.00 bits per heavy atom. The summed E-state index contributed by atoms with van der Waals surface area (Å²) in [4.78, 5) is 18.0. The number of piperazine rings is 1. The second-order valence-electron chi connectivity index (χ2n) is 9.74. The van der Waals surface area contributed by atoms with Crippen LogP contribution in [0, 0.1) is 5.92 Å². The number of fused-ring (bicyclic) bond motifs is 4. The summed E-state index contributed by atoms with van der Waals surface area (Å²) >= 11 is 0. The number of anilines is 1. The smallest absolute Gasteiger partial charge is 0.256 e. The number of rotatable bonds is 3. The van der Waals surface area contributed by atoms with Crippen molar-refractivity contribution in [2.45, 2.75) is 18.4 Å². The van der Waals surface area contributed by atoms with Gasteiger partial charge in [-0.05, 0) is 47.9 Å². The molecule has 3 aromatic rings. The van der Waals surface area contributed by atoms with Crippen LogP contribution in [0.1, 0.15) is 39.9 Å². The van der Waals surface area contributed by atoms with Crippen LogP contribution in [0.3, 0.4) is 0 Å². The van der Waals surface area contributed by atoms with Crippen molar-refractivity contribution in [3.63, 3.8) is 0 Å². The van der Waals surface area contributed by atoms with E-state index < -0.39 is 0 Å². The first-order valence-corrected chi connectivity index (χ1v) is 12.3. The molecule has 1 fully saturated rings. The fraction of sp³-hybridized carbons (Fsp3) is 0.345. The van der Waals surface area contributed by atoms with Gasteiger partial charge >= 0.3 is 0 Å². The number of allylic oxidation sites excluding steroid dienone is 2. The maximum atomic E-state index is 13.7. The maximum Gasteiger partial charge on any atom is 0.256 e. The Morgan fingerprint density at radius 2 is 1.82 bits per heavy atom. The van der Waals surface area contributed by atoms with Crippen LogP contribution in [0.25, 0.3) is 10.8 Å². The minimum absolute atomic E-state index is 0.0509. The second kappa shape index (κ2) is 8.48. The highest BCUT2D eigenvalue weighted by atomic mass is 16.5. The molecule has 2 heterocycles. The standard InChI is InChI=1S/C29H31N3O2/c1-31-15-17-32(18-16-31)29(33)24-12-6-10-22-21-9-5-11-23(21)28(30-27(22)24)26-20-8-4-3-7-19(20)13-14-25(26)34-2/h3-10,12-14,21,23,28,30H,11,15-18H2,1-2H3. The van der Waals surface area contributed by atoms with Crippen molar-refractivity contribution >= 4 is 22.4 Å². The molecule has 1 amide bonds. The van der Waals surface area contributed by atoms with Crippen molar-refractivity contribution in [3.05, 3.63) is 83.4 Å². The van der Waals surface area contributed by atoms with Crippen molar-refractivity contribution < 1.29 is 9.53 Å². The van der Waals surface area contributed by atoms with Crippen LogP contribution in [-0.2, 0) is 0 Å². The predicted octanol–water partition coefficient (Wildman–Crippen LogP) is 5.06. The number of benzene rings is 3. The van der Waals surface area contributed by atoms with E-state index in [1.54, 1.807) is 7.11 Å². The van der Waals surface area contributed by atoms with Gasteiger partial charge in [-0.1, -0.05) is 54.6 Å². The molecule has 3 atom stereocenters. The van der Waals surface area contributed by atoms with Gasteiger partial charge in [0.15, 0.2) is 0 Å². The molecule has 1 saturated heterocycles. The Morgan fingerprint density at radius 3 is 2.65 bits per heavy atom. The number of hydrogen-bond acceptors (Lipinski definition) is 4. The van der Waals surface area contributed by atoms with Crippen molar-refractivity contribution in [1.29, 1.82) is 0 Å². The average Bonchev–Trinajstić information content (AvgIpc) is 3.38. The van der Waals surface area contributed by atoms with Gasteiger partial charge in [-0.15, -0.1) is 0 Å². The Labute approximate surface area is 201 Å². The van der Waals surface area contributed by atoms with Crippen molar-refractivity contribution in [1.82, 2.24) is 9.80 Å². The number of nitrogens with zero attached hydrogens (tertiary/aromatic N) is 2. The zero-order valence-corrected chi connectivity index (χ0v) is 19.8. The number of nitrogens with one attached hydrogen (secondary N) is 1. The van der Waals surface area contributed by atoms with E-state index in [0.717, 1.165) is 49.6 Å². The summed E-state index contributed by atoms with van der Waals surface area (Å²) in [6.07, 6.45) is 5.63. The minimum atomic E-state index is 0.0509. The highest BCUT2D eigenvalue weighted by Gasteiger charge is 2.41. The summed E-state index contributed by atoms with van der Waals surface area (Å²) in [6, 6.07) is 19.0. The van der Waals surface area contributed by atoms with Gasteiger partial charge in [0.05, 0.1) is 24.4 Å². The molecule has 174 valence electrons. The van der Waals surface area contributed by atoms with Gasteiger partial charge in [-0.2, -0.15) is 0 Å². The Bertz CT molecular complexity index is 1280.